The van der Waals surface area contributed by atoms with Gasteiger partial charge in [0.2, 0.25) is 5.91 Å². The molecule has 1 aromatic carbocycles. The van der Waals surface area contributed by atoms with Gasteiger partial charge in [0.15, 0.2) is 11.5 Å². The summed E-state index contributed by atoms with van der Waals surface area (Å²) >= 11 is 0. The maximum atomic E-state index is 12.1. The molecule has 1 unspecified atom stereocenters. The van der Waals surface area contributed by atoms with Crippen LogP contribution >= 0.6 is 0 Å². The molecule has 112 valence electrons. The Labute approximate surface area is 122 Å². The standard InChI is InChI=1S/C15H17NO5/c1-19-15(18)10-7-14(17)16(9-10)11-3-4-12-13(8-11)21-6-2-5-20-12/h3-4,8,10H,2,5-7,9H2,1H3. The Kier molecular flexibility index (Phi) is 3.68. The molecular weight excluding hydrogens is 274 g/mol. The van der Waals surface area contributed by atoms with Gasteiger partial charge in [0, 0.05) is 31.1 Å². The Balaban J connectivity index is 1.82. The third-order valence-electron chi connectivity index (χ3n) is 3.70. The first kappa shape index (κ1) is 13.7. The summed E-state index contributed by atoms with van der Waals surface area (Å²) in [6.07, 6.45) is 1.01. The molecule has 6 heteroatoms. The summed E-state index contributed by atoms with van der Waals surface area (Å²) in [6.45, 7) is 1.56. The molecule has 0 spiro atoms. The Morgan fingerprint density at radius 2 is 2.05 bits per heavy atom. The van der Waals surface area contributed by atoms with E-state index in [1.807, 2.05) is 6.07 Å². The van der Waals surface area contributed by atoms with Gasteiger partial charge < -0.3 is 19.1 Å². The van der Waals surface area contributed by atoms with Crippen LogP contribution in [0.4, 0.5) is 5.69 Å². The molecule has 1 amide bonds. The molecule has 1 saturated heterocycles. The Morgan fingerprint density at radius 1 is 1.29 bits per heavy atom. The highest BCUT2D eigenvalue weighted by Gasteiger charge is 2.36. The van der Waals surface area contributed by atoms with Crippen LogP contribution < -0.4 is 14.4 Å². The number of esters is 1. The van der Waals surface area contributed by atoms with Gasteiger partial charge in [-0.05, 0) is 12.1 Å². The highest BCUT2D eigenvalue weighted by molar-refractivity contribution is 5.99. The van der Waals surface area contributed by atoms with E-state index < -0.39 is 5.92 Å². The van der Waals surface area contributed by atoms with Gasteiger partial charge in [-0.3, -0.25) is 9.59 Å². The van der Waals surface area contributed by atoms with Crippen molar-refractivity contribution in [3.8, 4) is 11.5 Å². The summed E-state index contributed by atoms with van der Waals surface area (Å²) in [5.41, 5.74) is 0.718. The SMILES string of the molecule is COC(=O)C1CC(=O)N(c2ccc3c(c2)OCCCO3)C1. The minimum Gasteiger partial charge on any atom is -0.490 e. The van der Waals surface area contributed by atoms with E-state index in [1.54, 1.807) is 17.0 Å². The van der Waals surface area contributed by atoms with E-state index in [9.17, 15) is 9.59 Å². The number of nitrogens with zero attached hydrogens (tertiary/aromatic N) is 1. The lowest BCUT2D eigenvalue weighted by Crippen LogP contribution is -2.26. The molecule has 2 aliphatic rings. The van der Waals surface area contributed by atoms with Crippen molar-refractivity contribution in [2.24, 2.45) is 5.92 Å². The van der Waals surface area contributed by atoms with Crippen LogP contribution in [0, 0.1) is 5.92 Å². The minimum absolute atomic E-state index is 0.0834. The zero-order chi connectivity index (χ0) is 14.8. The molecule has 6 nitrogen and oxygen atoms in total. The second-order valence-electron chi connectivity index (χ2n) is 5.11. The molecule has 3 rings (SSSR count). The van der Waals surface area contributed by atoms with Crippen LogP contribution in [0.2, 0.25) is 0 Å². The predicted octanol–water partition coefficient (Wildman–Crippen LogP) is 1.37. The van der Waals surface area contributed by atoms with Gasteiger partial charge in [-0.2, -0.15) is 0 Å². The molecule has 1 atom stereocenters. The summed E-state index contributed by atoms with van der Waals surface area (Å²) < 4.78 is 15.9. The zero-order valence-electron chi connectivity index (χ0n) is 11.8. The topological polar surface area (TPSA) is 65.1 Å². The third kappa shape index (κ3) is 2.66. The first-order chi connectivity index (χ1) is 10.2. The van der Waals surface area contributed by atoms with Crippen molar-refractivity contribution in [1.29, 1.82) is 0 Å². The first-order valence-corrected chi connectivity index (χ1v) is 6.97. The maximum Gasteiger partial charge on any atom is 0.311 e. The molecule has 0 bridgehead atoms. The van der Waals surface area contributed by atoms with Gasteiger partial charge in [0.25, 0.3) is 0 Å². The molecule has 2 aliphatic heterocycles. The number of ether oxygens (including phenoxy) is 3. The summed E-state index contributed by atoms with van der Waals surface area (Å²) in [4.78, 5) is 25.2. The molecule has 1 fully saturated rings. The number of benzene rings is 1. The quantitative estimate of drug-likeness (QED) is 0.770. The number of rotatable bonds is 2. The molecule has 0 radical (unpaired) electrons. The van der Waals surface area contributed by atoms with Gasteiger partial charge >= 0.3 is 5.97 Å². The third-order valence-corrected chi connectivity index (χ3v) is 3.70. The number of hydrogen-bond acceptors (Lipinski definition) is 5. The van der Waals surface area contributed by atoms with Crippen LogP contribution in [0.25, 0.3) is 0 Å². The molecular formula is C15H17NO5. The number of carbonyl (C=O) groups is 2. The minimum atomic E-state index is -0.404. The molecule has 1 aromatic rings. The van der Waals surface area contributed by atoms with Crippen molar-refractivity contribution in [1.82, 2.24) is 0 Å². The van der Waals surface area contributed by atoms with Crippen LogP contribution in [0.5, 0.6) is 11.5 Å². The number of hydrogen-bond donors (Lipinski definition) is 0. The molecule has 0 aliphatic carbocycles. The van der Waals surface area contributed by atoms with Gasteiger partial charge in [0.05, 0.1) is 26.2 Å². The number of fused-ring (bicyclic) bond motifs is 1. The van der Waals surface area contributed by atoms with E-state index in [-0.39, 0.29) is 18.3 Å². The largest absolute Gasteiger partial charge is 0.490 e. The van der Waals surface area contributed by atoms with E-state index in [2.05, 4.69) is 0 Å². The average molecular weight is 291 g/mol. The fraction of sp³-hybridized carbons (Fsp3) is 0.467. The van der Waals surface area contributed by atoms with Gasteiger partial charge in [-0.15, -0.1) is 0 Å². The highest BCUT2D eigenvalue weighted by atomic mass is 16.5. The average Bonchev–Trinajstić information content (AvgIpc) is 2.74. The number of carbonyl (C=O) groups excluding carboxylic acids is 2. The number of methoxy groups -OCH3 is 1. The zero-order valence-corrected chi connectivity index (χ0v) is 11.8. The second-order valence-corrected chi connectivity index (χ2v) is 5.11. The Bertz CT molecular complexity index is 571. The van der Waals surface area contributed by atoms with Crippen molar-refractivity contribution < 1.29 is 23.8 Å². The fourth-order valence-corrected chi connectivity index (χ4v) is 2.60. The van der Waals surface area contributed by atoms with Gasteiger partial charge in [0.1, 0.15) is 0 Å². The van der Waals surface area contributed by atoms with E-state index in [1.165, 1.54) is 7.11 Å². The highest BCUT2D eigenvalue weighted by Crippen LogP contribution is 2.35. The Morgan fingerprint density at radius 3 is 2.81 bits per heavy atom. The number of anilines is 1. The van der Waals surface area contributed by atoms with Crippen LogP contribution in [-0.2, 0) is 14.3 Å². The molecule has 0 saturated carbocycles. The lowest BCUT2D eigenvalue weighted by Gasteiger charge is -2.18. The van der Waals surface area contributed by atoms with Crippen LogP contribution in [-0.4, -0.2) is 38.7 Å². The Hall–Kier alpha value is -2.24. The van der Waals surface area contributed by atoms with Crippen molar-refractivity contribution in [3.63, 3.8) is 0 Å². The van der Waals surface area contributed by atoms with Crippen LogP contribution in [0.3, 0.4) is 0 Å². The van der Waals surface area contributed by atoms with Crippen LogP contribution in [0.15, 0.2) is 18.2 Å². The first-order valence-electron chi connectivity index (χ1n) is 6.97. The summed E-state index contributed by atoms with van der Waals surface area (Å²) in [5.74, 6) is 0.491. The van der Waals surface area contributed by atoms with Crippen molar-refractivity contribution in [2.75, 3.05) is 31.8 Å². The lowest BCUT2D eigenvalue weighted by atomic mass is 10.1. The van der Waals surface area contributed by atoms with E-state index >= 15 is 0 Å². The molecule has 0 N–H and O–H groups in total. The molecule has 2 heterocycles. The van der Waals surface area contributed by atoms with Crippen molar-refractivity contribution >= 4 is 17.6 Å². The summed E-state index contributed by atoms with van der Waals surface area (Å²) in [5, 5.41) is 0. The van der Waals surface area contributed by atoms with Gasteiger partial charge in [-0.1, -0.05) is 0 Å². The lowest BCUT2D eigenvalue weighted by molar-refractivity contribution is -0.145. The van der Waals surface area contributed by atoms with E-state index in [0.717, 1.165) is 12.1 Å². The van der Waals surface area contributed by atoms with Crippen molar-refractivity contribution in [3.05, 3.63) is 18.2 Å². The van der Waals surface area contributed by atoms with E-state index in [4.69, 9.17) is 14.2 Å². The summed E-state index contributed by atoms with van der Waals surface area (Å²) in [6, 6.07) is 5.40. The van der Waals surface area contributed by atoms with Gasteiger partial charge in [-0.25, -0.2) is 0 Å². The predicted molar refractivity (Wildman–Crippen MR) is 74.5 cm³/mol. The monoisotopic (exact) mass is 291 g/mol. The normalized spacial score (nSPS) is 21.1. The van der Waals surface area contributed by atoms with Crippen molar-refractivity contribution in [2.45, 2.75) is 12.8 Å². The molecule has 0 aromatic heterocycles. The fourth-order valence-electron chi connectivity index (χ4n) is 2.60. The summed E-state index contributed by atoms with van der Waals surface area (Å²) in [7, 11) is 1.34. The second kappa shape index (κ2) is 5.63. The van der Waals surface area contributed by atoms with Crippen LogP contribution in [0.1, 0.15) is 12.8 Å². The maximum absolute atomic E-state index is 12.1. The van der Waals surface area contributed by atoms with E-state index in [0.29, 0.717) is 31.3 Å². The molecule has 21 heavy (non-hydrogen) atoms. The smallest absolute Gasteiger partial charge is 0.311 e. The number of amides is 1.